The lowest BCUT2D eigenvalue weighted by molar-refractivity contribution is 0.0112. The minimum atomic E-state index is -1.25. The lowest BCUT2D eigenvalue weighted by Gasteiger charge is -2.15. The van der Waals surface area contributed by atoms with Crippen LogP contribution in [0.2, 0.25) is 0 Å². The number of aliphatic hydroxyl groups is 1. The average molecular weight is 263 g/mol. The van der Waals surface area contributed by atoms with Crippen molar-refractivity contribution in [2.75, 3.05) is 18.5 Å². The number of benzene rings is 1. The molecule has 3 nitrogen and oxygen atoms in total. The van der Waals surface area contributed by atoms with E-state index in [1.165, 1.54) is 0 Å². The molecule has 0 saturated carbocycles. The van der Waals surface area contributed by atoms with Gasteiger partial charge in [-0.15, -0.1) is 0 Å². The SMILES string of the molecule is CC(C)OCC(O)CNc1cc(F)c(F)cc1F. The highest BCUT2D eigenvalue weighted by molar-refractivity contribution is 5.45. The number of aliphatic hydroxyl groups excluding tert-OH is 1. The zero-order valence-electron chi connectivity index (χ0n) is 10.2. The standard InChI is InChI=1S/C12H16F3NO2/c1-7(2)18-6-8(17)5-16-12-4-10(14)9(13)3-11(12)15/h3-4,7-8,16-17H,5-6H2,1-2H3. The molecule has 0 spiro atoms. The van der Waals surface area contributed by atoms with Crippen molar-refractivity contribution in [1.82, 2.24) is 0 Å². The molecule has 1 unspecified atom stereocenters. The predicted octanol–water partition coefficient (Wildman–Crippen LogP) is 2.30. The number of nitrogens with one attached hydrogen (secondary N) is 1. The normalized spacial score (nSPS) is 12.8. The number of anilines is 1. The van der Waals surface area contributed by atoms with Crippen LogP contribution in [-0.4, -0.2) is 30.5 Å². The Labute approximate surface area is 104 Å². The topological polar surface area (TPSA) is 41.5 Å². The molecule has 0 aliphatic heterocycles. The Bertz CT molecular complexity index is 399. The summed E-state index contributed by atoms with van der Waals surface area (Å²) in [5.74, 6) is -3.31. The fourth-order valence-electron chi connectivity index (χ4n) is 1.25. The van der Waals surface area contributed by atoms with Gasteiger partial charge >= 0.3 is 0 Å². The molecule has 0 heterocycles. The van der Waals surface area contributed by atoms with Crippen molar-refractivity contribution in [3.05, 3.63) is 29.6 Å². The van der Waals surface area contributed by atoms with Crippen LogP contribution >= 0.6 is 0 Å². The van der Waals surface area contributed by atoms with E-state index in [4.69, 9.17) is 4.74 Å². The van der Waals surface area contributed by atoms with Crippen LogP contribution in [-0.2, 0) is 4.74 Å². The molecule has 1 aromatic rings. The molecular formula is C12H16F3NO2. The van der Waals surface area contributed by atoms with E-state index in [-0.39, 0.29) is 24.9 Å². The zero-order valence-corrected chi connectivity index (χ0v) is 10.2. The Kier molecular flexibility index (Phi) is 5.43. The van der Waals surface area contributed by atoms with Gasteiger partial charge in [-0.2, -0.15) is 0 Å². The summed E-state index contributed by atoms with van der Waals surface area (Å²) in [6.45, 7) is 3.69. The van der Waals surface area contributed by atoms with Gasteiger partial charge in [0.2, 0.25) is 0 Å². The molecule has 1 rings (SSSR count). The molecule has 0 amide bonds. The second-order valence-electron chi connectivity index (χ2n) is 4.16. The third-order valence-corrected chi connectivity index (χ3v) is 2.16. The molecule has 1 aromatic carbocycles. The number of hydrogen-bond acceptors (Lipinski definition) is 3. The van der Waals surface area contributed by atoms with Gasteiger partial charge < -0.3 is 15.2 Å². The van der Waals surface area contributed by atoms with Crippen molar-refractivity contribution in [3.63, 3.8) is 0 Å². The van der Waals surface area contributed by atoms with Gasteiger partial charge in [0.05, 0.1) is 24.5 Å². The molecule has 1 atom stereocenters. The summed E-state index contributed by atoms with van der Waals surface area (Å²) in [4.78, 5) is 0. The molecule has 18 heavy (non-hydrogen) atoms. The maximum Gasteiger partial charge on any atom is 0.161 e. The molecule has 0 aliphatic carbocycles. The zero-order chi connectivity index (χ0) is 13.7. The van der Waals surface area contributed by atoms with Gasteiger partial charge in [0.1, 0.15) is 5.82 Å². The molecule has 0 aliphatic rings. The molecular weight excluding hydrogens is 247 g/mol. The highest BCUT2D eigenvalue weighted by Gasteiger charge is 2.11. The van der Waals surface area contributed by atoms with Crippen LogP contribution in [0.5, 0.6) is 0 Å². The summed E-state index contributed by atoms with van der Waals surface area (Å²) in [5.41, 5.74) is -0.197. The molecule has 0 saturated heterocycles. The molecule has 0 fully saturated rings. The van der Waals surface area contributed by atoms with E-state index < -0.39 is 23.6 Å². The molecule has 0 bridgehead atoms. The van der Waals surface area contributed by atoms with Gasteiger partial charge in [-0.3, -0.25) is 0 Å². The van der Waals surface area contributed by atoms with E-state index in [2.05, 4.69) is 5.32 Å². The van der Waals surface area contributed by atoms with Gasteiger partial charge in [0, 0.05) is 18.7 Å². The Morgan fingerprint density at radius 2 is 1.78 bits per heavy atom. The van der Waals surface area contributed by atoms with Crippen LogP contribution in [0.25, 0.3) is 0 Å². The van der Waals surface area contributed by atoms with Gasteiger partial charge in [-0.25, -0.2) is 13.2 Å². The third-order valence-electron chi connectivity index (χ3n) is 2.16. The number of ether oxygens (including phenoxy) is 1. The van der Waals surface area contributed by atoms with Crippen molar-refractivity contribution in [2.45, 2.75) is 26.1 Å². The minimum Gasteiger partial charge on any atom is -0.389 e. The summed E-state index contributed by atoms with van der Waals surface area (Å²) < 4.78 is 43.9. The quantitative estimate of drug-likeness (QED) is 0.774. The Morgan fingerprint density at radius 1 is 1.17 bits per heavy atom. The second kappa shape index (κ2) is 6.61. The highest BCUT2D eigenvalue weighted by atomic mass is 19.2. The first kappa shape index (κ1) is 14.8. The predicted molar refractivity (Wildman–Crippen MR) is 61.9 cm³/mol. The minimum absolute atomic E-state index is 0.0191. The lowest BCUT2D eigenvalue weighted by atomic mass is 10.2. The number of rotatable bonds is 6. The van der Waals surface area contributed by atoms with Gasteiger partial charge in [0.25, 0.3) is 0 Å². The highest BCUT2D eigenvalue weighted by Crippen LogP contribution is 2.18. The van der Waals surface area contributed by atoms with E-state index in [1.54, 1.807) is 0 Å². The van der Waals surface area contributed by atoms with Crippen LogP contribution in [0.1, 0.15) is 13.8 Å². The molecule has 102 valence electrons. The largest absolute Gasteiger partial charge is 0.389 e. The van der Waals surface area contributed by atoms with Crippen molar-refractivity contribution in [2.24, 2.45) is 0 Å². The van der Waals surface area contributed by atoms with E-state index >= 15 is 0 Å². The summed E-state index contributed by atoms with van der Waals surface area (Å²) in [5, 5.41) is 12.0. The van der Waals surface area contributed by atoms with Gasteiger partial charge in [-0.05, 0) is 13.8 Å². The average Bonchev–Trinajstić information content (AvgIpc) is 2.29. The fraction of sp³-hybridized carbons (Fsp3) is 0.500. The van der Waals surface area contributed by atoms with Crippen molar-refractivity contribution < 1.29 is 23.0 Å². The summed E-state index contributed by atoms with van der Waals surface area (Å²) in [7, 11) is 0. The second-order valence-corrected chi connectivity index (χ2v) is 4.16. The summed E-state index contributed by atoms with van der Waals surface area (Å²) in [6, 6.07) is 1.16. The smallest absolute Gasteiger partial charge is 0.161 e. The first-order valence-corrected chi connectivity index (χ1v) is 5.58. The van der Waals surface area contributed by atoms with E-state index in [9.17, 15) is 18.3 Å². The van der Waals surface area contributed by atoms with Crippen molar-refractivity contribution in [3.8, 4) is 0 Å². The number of halogens is 3. The molecule has 0 aromatic heterocycles. The Morgan fingerprint density at radius 3 is 2.39 bits per heavy atom. The maximum atomic E-state index is 13.2. The molecule has 6 heteroatoms. The van der Waals surface area contributed by atoms with Crippen molar-refractivity contribution in [1.29, 1.82) is 0 Å². The van der Waals surface area contributed by atoms with E-state index in [0.717, 1.165) is 0 Å². The molecule has 2 N–H and O–H groups in total. The summed E-state index contributed by atoms with van der Waals surface area (Å²) >= 11 is 0. The maximum absolute atomic E-state index is 13.2. The first-order chi connectivity index (χ1) is 8.40. The number of hydrogen-bond donors (Lipinski definition) is 2. The lowest BCUT2D eigenvalue weighted by Crippen LogP contribution is -2.26. The molecule has 0 radical (unpaired) electrons. The Balaban J connectivity index is 2.50. The van der Waals surface area contributed by atoms with Crippen LogP contribution < -0.4 is 5.32 Å². The van der Waals surface area contributed by atoms with Crippen LogP contribution in [0.3, 0.4) is 0 Å². The first-order valence-electron chi connectivity index (χ1n) is 5.58. The Hall–Kier alpha value is -1.27. The van der Waals surface area contributed by atoms with Crippen LogP contribution in [0.4, 0.5) is 18.9 Å². The van der Waals surface area contributed by atoms with E-state index in [1.807, 2.05) is 13.8 Å². The monoisotopic (exact) mass is 263 g/mol. The van der Waals surface area contributed by atoms with Gasteiger partial charge in [0.15, 0.2) is 11.6 Å². The van der Waals surface area contributed by atoms with Crippen molar-refractivity contribution >= 4 is 5.69 Å². The third kappa shape index (κ3) is 4.54. The van der Waals surface area contributed by atoms with E-state index in [0.29, 0.717) is 12.1 Å². The summed E-state index contributed by atoms with van der Waals surface area (Å²) in [6.07, 6.45) is -0.889. The van der Waals surface area contributed by atoms with Crippen LogP contribution in [0.15, 0.2) is 12.1 Å². The fourth-order valence-corrected chi connectivity index (χ4v) is 1.25. The van der Waals surface area contributed by atoms with Gasteiger partial charge in [-0.1, -0.05) is 0 Å². The van der Waals surface area contributed by atoms with Crippen LogP contribution in [0, 0.1) is 17.5 Å².